The minimum absolute atomic E-state index is 0.133. The largest absolute Gasteiger partial charge is 0.458 e. The van der Waals surface area contributed by atoms with Crippen molar-refractivity contribution in [2.45, 2.75) is 104 Å². The Labute approximate surface area is 212 Å². The highest BCUT2D eigenvalue weighted by Crippen LogP contribution is 2.40. The molecule has 0 N–H and O–H groups in total. The van der Waals surface area contributed by atoms with Gasteiger partial charge < -0.3 is 9.47 Å². The molecular formula is C28H44N2O4Si. The van der Waals surface area contributed by atoms with Crippen molar-refractivity contribution in [1.29, 1.82) is 0 Å². The number of carbonyl (C=O) groups excluding carboxylic acids is 2. The summed E-state index contributed by atoms with van der Waals surface area (Å²) < 4.78 is 12.0. The first-order valence-electron chi connectivity index (χ1n) is 13.1. The number of ether oxygens (including phenoxy) is 2. The van der Waals surface area contributed by atoms with Gasteiger partial charge in [-0.2, -0.15) is 10.1 Å². The van der Waals surface area contributed by atoms with Crippen LogP contribution in [0.5, 0.6) is 0 Å². The van der Waals surface area contributed by atoms with E-state index in [1.165, 1.54) is 5.01 Å². The number of amides is 1. The Morgan fingerprint density at radius 3 is 2.26 bits per heavy atom. The fraction of sp³-hybridized carbons (Fsp3) is 0.679. The summed E-state index contributed by atoms with van der Waals surface area (Å²) in [6.45, 7) is 18.8. The molecule has 6 nitrogen and oxygen atoms in total. The number of rotatable bonds is 5. The molecule has 2 aliphatic rings. The van der Waals surface area contributed by atoms with E-state index in [1.807, 2.05) is 51.1 Å². The molecule has 1 aliphatic carbocycles. The van der Waals surface area contributed by atoms with E-state index in [0.29, 0.717) is 23.5 Å². The average Bonchev–Trinajstić information content (AvgIpc) is 3.15. The van der Waals surface area contributed by atoms with Gasteiger partial charge in [0.05, 0.1) is 19.7 Å². The maximum Gasteiger partial charge on any atom is 0.430 e. The molecule has 0 unspecified atom stereocenters. The second-order valence-electron chi connectivity index (χ2n) is 12.8. The van der Waals surface area contributed by atoms with E-state index in [4.69, 9.17) is 9.47 Å². The fourth-order valence-corrected chi connectivity index (χ4v) is 7.72. The summed E-state index contributed by atoms with van der Waals surface area (Å²) in [5.74, 6) is 0.538. The normalized spacial score (nSPS) is 27.5. The molecule has 0 bridgehead atoms. The summed E-state index contributed by atoms with van der Waals surface area (Å²) in [5, 5.41) is 6.11. The van der Waals surface area contributed by atoms with Crippen LogP contribution in [0.2, 0.25) is 19.6 Å². The van der Waals surface area contributed by atoms with Gasteiger partial charge in [-0.1, -0.05) is 77.2 Å². The van der Waals surface area contributed by atoms with Gasteiger partial charge in [-0.05, 0) is 56.9 Å². The van der Waals surface area contributed by atoms with Crippen molar-refractivity contribution in [1.82, 2.24) is 5.01 Å². The lowest BCUT2D eigenvalue weighted by Crippen LogP contribution is -2.53. The molecule has 1 heterocycles. The molecule has 3 rings (SSSR count). The molecule has 1 amide bonds. The van der Waals surface area contributed by atoms with Crippen molar-refractivity contribution in [3.63, 3.8) is 0 Å². The van der Waals surface area contributed by atoms with Crippen LogP contribution in [0.4, 0.5) is 4.79 Å². The number of hydrazone groups is 1. The van der Waals surface area contributed by atoms with Crippen LogP contribution in [-0.2, 0) is 14.3 Å². The third-order valence-corrected chi connectivity index (χ3v) is 9.50. The molecule has 5 atom stereocenters. The first kappa shape index (κ1) is 27.4. The fourth-order valence-electron chi connectivity index (χ4n) is 5.48. The number of hydrogen-bond donors (Lipinski definition) is 0. The smallest absolute Gasteiger partial charge is 0.430 e. The van der Waals surface area contributed by atoms with Gasteiger partial charge in [0, 0.05) is 0 Å². The number of hydrogen-bond acceptors (Lipinski definition) is 5. The predicted molar refractivity (Wildman–Crippen MR) is 143 cm³/mol. The van der Waals surface area contributed by atoms with Gasteiger partial charge in [0.25, 0.3) is 0 Å². The van der Waals surface area contributed by atoms with Crippen molar-refractivity contribution >= 4 is 25.8 Å². The van der Waals surface area contributed by atoms with Gasteiger partial charge >= 0.3 is 12.1 Å². The first-order valence-corrected chi connectivity index (χ1v) is 16.6. The van der Waals surface area contributed by atoms with Crippen LogP contribution in [0, 0.1) is 17.8 Å². The van der Waals surface area contributed by atoms with Crippen LogP contribution in [0.15, 0.2) is 35.4 Å². The van der Waals surface area contributed by atoms with Gasteiger partial charge in [0.2, 0.25) is 0 Å². The van der Waals surface area contributed by atoms with Crippen molar-refractivity contribution in [3.05, 3.63) is 35.9 Å². The molecule has 0 spiro atoms. The van der Waals surface area contributed by atoms with Crippen LogP contribution in [0.1, 0.15) is 72.3 Å². The molecule has 35 heavy (non-hydrogen) atoms. The molecule has 1 aromatic carbocycles. The Hall–Kier alpha value is -2.15. The minimum atomic E-state index is -2.05. The van der Waals surface area contributed by atoms with Crippen molar-refractivity contribution < 1.29 is 19.1 Å². The Kier molecular flexibility index (Phi) is 8.19. The third kappa shape index (κ3) is 6.54. The van der Waals surface area contributed by atoms with E-state index in [0.717, 1.165) is 24.8 Å². The Morgan fingerprint density at radius 1 is 1.09 bits per heavy atom. The second-order valence-corrected chi connectivity index (χ2v) is 18.1. The molecule has 1 aromatic rings. The highest BCUT2D eigenvalue weighted by molar-refractivity contribution is 6.78. The van der Waals surface area contributed by atoms with Crippen molar-refractivity contribution in [2.75, 3.05) is 0 Å². The summed E-state index contributed by atoms with van der Waals surface area (Å²) in [6, 6.07) is 9.91. The Balaban J connectivity index is 2.01. The van der Waals surface area contributed by atoms with Crippen molar-refractivity contribution in [3.8, 4) is 0 Å². The predicted octanol–water partition coefficient (Wildman–Crippen LogP) is 6.63. The van der Waals surface area contributed by atoms with E-state index in [2.05, 4.69) is 45.5 Å². The maximum absolute atomic E-state index is 13.8. The first-order chi connectivity index (χ1) is 16.2. The number of esters is 1. The summed E-state index contributed by atoms with van der Waals surface area (Å²) in [6.07, 6.45) is 2.44. The van der Waals surface area contributed by atoms with E-state index in [9.17, 15) is 9.59 Å². The van der Waals surface area contributed by atoms with Crippen LogP contribution >= 0.6 is 0 Å². The quantitative estimate of drug-likeness (QED) is 0.336. The molecule has 1 fully saturated rings. The van der Waals surface area contributed by atoms with Crippen molar-refractivity contribution in [2.24, 2.45) is 22.9 Å². The van der Waals surface area contributed by atoms with E-state index in [-0.39, 0.29) is 17.7 Å². The van der Waals surface area contributed by atoms with Gasteiger partial charge in [0.15, 0.2) is 5.71 Å². The van der Waals surface area contributed by atoms with Gasteiger partial charge in [-0.3, -0.25) is 0 Å². The lowest BCUT2D eigenvalue weighted by molar-refractivity contribution is -0.147. The Bertz CT molecular complexity index is 933. The van der Waals surface area contributed by atoms with Crippen LogP contribution < -0.4 is 0 Å². The molecular weight excluding hydrogens is 456 g/mol. The zero-order valence-electron chi connectivity index (χ0n) is 23.0. The summed E-state index contributed by atoms with van der Waals surface area (Å²) in [7, 11) is -2.05. The molecule has 1 saturated carbocycles. The number of benzene rings is 1. The van der Waals surface area contributed by atoms with E-state index in [1.54, 1.807) is 0 Å². The molecule has 0 radical (unpaired) electrons. The topological polar surface area (TPSA) is 68.2 Å². The van der Waals surface area contributed by atoms with Crippen LogP contribution in [0.25, 0.3) is 0 Å². The number of carbonyl (C=O) groups is 2. The van der Waals surface area contributed by atoms with Crippen LogP contribution in [0.3, 0.4) is 0 Å². The molecule has 194 valence electrons. The van der Waals surface area contributed by atoms with Gasteiger partial charge in [0.1, 0.15) is 11.7 Å². The standard InChI is InChI=1S/C28H44N2O4Si/c1-18(2)21-16-15-19(3)17-22(21)33-26(31)24-23(20-13-11-10-12-14-20)25(35(7,8)9)30(29-24)27(32)34-28(4,5)6/h10-14,18-19,21-23,25H,15-17H2,1-9H3/t19-,21+,22-,23-,25+/m0/s1. The van der Waals surface area contributed by atoms with Gasteiger partial charge in [-0.15, -0.1) is 0 Å². The summed E-state index contributed by atoms with van der Waals surface area (Å²) >= 11 is 0. The average molecular weight is 501 g/mol. The molecule has 0 aromatic heterocycles. The highest BCUT2D eigenvalue weighted by atomic mass is 28.3. The molecule has 0 saturated heterocycles. The van der Waals surface area contributed by atoms with E-state index < -0.39 is 25.7 Å². The zero-order chi connectivity index (χ0) is 26.1. The summed E-state index contributed by atoms with van der Waals surface area (Å²) in [5.41, 5.74) is 0.368. The SMILES string of the molecule is CC(C)[C@H]1CC[C@H](C)C[C@@H]1OC(=O)C1=NN(C(=O)OC(C)(C)C)[C@H]([Si](C)(C)C)[C@H]1c1ccccc1. The van der Waals surface area contributed by atoms with Gasteiger partial charge in [-0.25, -0.2) is 9.59 Å². The highest BCUT2D eigenvalue weighted by Gasteiger charge is 2.52. The third-order valence-electron chi connectivity index (χ3n) is 7.14. The Morgan fingerprint density at radius 2 is 1.71 bits per heavy atom. The lowest BCUT2D eigenvalue weighted by Gasteiger charge is -2.37. The molecule has 7 heteroatoms. The molecule has 1 aliphatic heterocycles. The summed E-state index contributed by atoms with van der Waals surface area (Å²) in [4.78, 5) is 27.1. The minimum Gasteiger partial charge on any atom is -0.458 e. The number of nitrogens with zero attached hydrogens (tertiary/aromatic N) is 2. The zero-order valence-corrected chi connectivity index (χ0v) is 24.0. The second kappa shape index (κ2) is 10.5. The maximum atomic E-state index is 13.8. The van der Waals surface area contributed by atoms with E-state index >= 15 is 0 Å². The lowest BCUT2D eigenvalue weighted by atomic mass is 9.75. The monoisotopic (exact) mass is 500 g/mol. The van der Waals surface area contributed by atoms with Crippen LogP contribution in [-0.4, -0.2) is 48.2 Å².